The summed E-state index contributed by atoms with van der Waals surface area (Å²) < 4.78 is 6.35. The number of hydrogen-bond acceptors (Lipinski definition) is 8. The summed E-state index contributed by atoms with van der Waals surface area (Å²) in [5, 5.41) is 12.2. The van der Waals surface area contributed by atoms with Crippen LogP contribution in [0.5, 0.6) is 0 Å². The molecule has 0 atom stereocenters. The highest BCUT2D eigenvalue weighted by molar-refractivity contribution is 5.95. The van der Waals surface area contributed by atoms with Crippen LogP contribution in [0.1, 0.15) is 20.3 Å². The first kappa shape index (κ1) is 23.9. The molecule has 12 heteroatoms. The van der Waals surface area contributed by atoms with E-state index in [0.717, 1.165) is 10.4 Å². The molecule has 3 N–H and O–H groups in total. The molecular weight excluding hydrogens is 428 g/mol. The van der Waals surface area contributed by atoms with Crippen molar-refractivity contribution in [1.29, 1.82) is 0 Å². The van der Waals surface area contributed by atoms with Gasteiger partial charge in [-0.15, -0.1) is 10.2 Å². The number of anilines is 2. The van der Waals surface area contributed by atoms with Crippen molar-refractivity contribution in [2.45, 2.75) is 33.4 Å². The van der Waals surface area contributed by atoms with Gasteiger partial charge in [0.25, 0.3) is 11.5 Å². The lowest BCUT2D eigenvalue weighted by atomic mass is 10.2. The number of hydrogen-bond donors (Lipinski definition) is 2. The minimum Gasteiger partial charge on any atom is -0.385 e. The number of nitrogen functional groups attached to an aromatic ring is 1. The molecule has 0 fully saturated rings. The Morgan fingerprint density at radius 1 is 1.24 bits per heavy atom. The van der Waals surface area contributed by atoms with Crippen LogP contribution in [0, 0.1) is 5.92 Å². The summed E-state index contributed by atoms with van der Waals surface area (Å²) in [6.45, 7) is 4.37. The highest BCUT2D eigenvalue weighted by Gasteiger charge is 2.25. The van der Waals surface area contributed by atoms with Gasteiger partial charge in [0.1, 0.15) is 12.4 Å². The van der Waals surface area contributed by atoms with E-state index in [0.29, 0.717) is 25.4 Å². The maximum Gasteiger partial charge on any atom is 0.330 e. The molecule has 3 rings (SSSR count). The zero-order valence-corrected chi connectivity index (χ0v) is 18.9. The predicted molar refractivity (Wildman–Crippen MR) is 123 cm³/mol. The van der Waals surface area contributed by atoms with Gasteiger partial charge in [0.15, 0.2) is 5.69 Å². The number of nitrogens with one attached hydrogen (secondary N) is 1. The normalized spacial score (nSPS) is 11.2. The fourth-order valence-corrected chi connectivity index (χ4v) is 3.33. The van der Waals surface area contributed by atoms with E-state index in [1.807, 2.05) is 44.2 Å². The summed E-state index contributed by atoms with van der Waals surface area (Å²) in [4.78, 5) is 42.9. The molecule has 33 heavy (non-hydrogen) atoms. The fourth-order valence-electron chi connectivity index (χ4n) is 3.33. The molecule has 2 heterocycles. The van der Waals surface area contributed by atoms with Crippen LogP contribution in [0.15, 0.2) is 39.9 Å². The molecule has 0 spiro atoms. The van der Waals surface area contributed by atoms with Crippen LogP contribution in [0.2, 0.25) is 0 Å². The lowest BCUT2D eigenvalue weighted by molar-refractivity contribution is -0.119. The molecule has 12 nitrogen and oxygen atoms in total. The Hall–Kier alpha value is -3.80. The Morgan fingerprint density at radius 3 is 2.64 bits per heavy atom. The summed E-state index contributed by atoms with van der Waals surface area (Å²) in [7, 11) is 1.54. The summed E-state index contributed by atoms with van der Waals surface area (Å²) in [5.74, 6) is -0.0795. The second-order valence-electron chi connectivity index (χ2n) is 7.90. The topological polar surface area (TPSA) is 154 Å². The number of carbonyl (C=O) groups excluding carboxylic acids is 1. The smallest absolute Gasteiger partial charge is 0.330 e. The highest BCUT2D eigenvalue weighted by Crippen LogP contribution is 2.19. The van der Waals surface area contributed by atoms with Gasteiger partial charge >= 0.3 is 5.69 Å². The monoisotopic (exact) mass is 456 g/mol. The van der Waals surface area contributed by atoms with Crippen molar-refractivity contribution < 1.29 is 9.53 Å². The van der Waals surface area contributed by atoms with E-state index in [2.05, 4.69) is 20.4 Å². The number of aromatic amines is 1. The molecular formula is C21H28N8O4. The number of aromatic nitrogens is 6. The summed E-state index contributed by atoms with van der Waals surface area (Å²) in [5.41, 5.74) is 5.54. The first-order chi connectivity index (χ1) is 15.8. The van der Waals surface area contributed by atoms with E-state index in [4.69, 9.17) is 10.5 Å². The average molecular weight is 457 g/mol. The van der Waals surface area contributed by atoms with Gasteiger partial charge in [-0.3, -0.25) is 19.1 Å². The van der Waals surface area contributed by atoms with Crippen LogP contribution in [0.25, 0.3) is 11.4 Å². The van der Waals surface area contributed by atoms with Crippen molar-refractivity contribution in [2.75, 3.05) is 30.9 Å². The van der Waals surface area contributed by atoms with Gasteiger partial charge in [-0.05, 0) is 17.6 Å². The third-order valence-corrected chi connectivity index (χ3v) is 4.82. The van der Waals surface area contributed by atoms with Crippen LogP contribution in [-0.4, -0.2) is 55.9 Å². The SMILES string of the molecule is COCCCN(C(=O)Cn1nnc(-c2ccccc2)n1)c1c(N)n(CC(C)C)c(=O)[nH]c1=O. The molecule has 0 aliphatic rings. The maximum absolute atomic E-state index is 13.2. The largest absolute Gasteiger partial charge is 0.385 e. The molecule has 0 aliphatic carbocycles. The average Bonchev–Trinajstić information content (AvgIpc) is 3.24. The van der Waals surface area contributed by atoms with Crippen molar-refractivity contribution in [1.82, 2.24) is 29.8 Å². The van der Waals surface area contributed by atoms with Gasteiger partial charge in [0.05, 0.1) is 0 Å². The Kier molecular flexibility index (Phi) is 7.72. The van der Waals surface area contributed by atoms with Crippen LogP contribution in [-0.2, 0) is 22.6 Å². The fraction of sp³-hybridized carbons (Fsp3) is 0.429. The summed E-state index contributed by atoms with van der Waals surface area (Å²) in [6.07, 6.45) is 0.449. The summed E-state index contributed by atoms with van der Waals surface area (Å²) >= 11 is 0. The first-order valence-electron chi connectivity index (χ1n) is 10.6. The first-order valence-corrected chi connectivity index (χ1v) is 10.6. The van der Waals surface area contributed by atoms with Gasteiger partial charge in [0, 0.05) is 32.4 Å². The zero-order chi connectivity index (χ0) is 24.0. The van der Waals surface area contributed by atoms with E-state index < -0.39 is 17.2 Å². The molecule has 176 valence electrons. The van der Waals surface area contributed by atoms with Crippen molar-refractivity contribution in [3.05, 3.63) is 51.2 Å². The van der Waals surface area contributed by atoms with Crippen LogP contribution < -0.4 is 21.9 Å². The molecule has 0 saturated carbocycles. The maximum atomic E-state index is 13.2. The van der Waals surface area contributed by atoms with E-state index in [-0.39, 0.29) is 30.5 Å². The Balaban J connectivity index is 1.93. The minimum atomic E-state index is -0.736. The standard InChI is InChI=1S/C21H28N8O4/c1-14(2)12-28-18(22)17(20(31)23-21(28)32)27(10-7-11-33-3)16(30)13-29-25-19(24-26-29)15-8-5-4-6-9-15/h4-6,8-9,14H,7,10-13,22H2,1-3H3,(H,23,31,32). The third-order valence-electron chi connectivity index (χ3n) is 4.82. The quantitative estimate of drug-likeness (QED) is 0.418. The molecule has 0 aliphatic heterocycles. The minimum absolute atomic E-state index is 0.0697. The number of rotatable bonds is 10. The molecule has 3 aromatic rings. The molecule has 0 unspecified atom stereocenters. The van der Waals surface area contributed by atoms with E-state index in [1.165, 1.54) is 9.47 Å². The van der Waals surface area contributed by atoms with E-state index in [9.17, 15) is 14.4 Å². The Bertz CT molecular complexity index is 1200. The van der Waals surface area contributed by atoms with Crippen LogP contribution in [0.3, 0.4) is 0 Å². The molecule has 2 aromatic heterocycles. The van der Waals surface area contributed by atoms with Gasteiger partial charge in [-0.1, -0.05) is 44.2 Å². The van der Waals surface area contributed by atoms with Crippen molar-refractivity contribution in [2.24, 2.45) is 5.92 Å². The molecule has 1 aromatic carbocycles. The molecule has 0 bridgehead atoms. The third kappa shape index (κ3) is 5.71. The highest BCUT2D eigenvalue weighted by atomic mass is 16.5. The number of ether oxygens (including phenoxy) is 1. The van der Waals surface area contributed by atoms with Crippen molar-refractivity contribution in [3.8, 4) is 11.4 Å². The van der Waals surface area contributed by atoms with Crippen LogP contribution in [0.4, 0.5) is 11.5 Å². The number of methoxy groups -OCH3 is 1. The number of tetrazole rings is 1. The van der Waals surface area contributed by atoms with Crippen LogP contribution >= 0.6 is 0 Å². The molecule has 0 radical (unpaired) electrons. The predicted octanol–water partition coefficient (Wildman–Crippen LogP) is 0.498. The number of nitrogens with zero attached hydrogens (tertiary/aromatic N) is 6. The second kappa shape index (κ2) is 10.7. The number of H-pyrrole nitrogens is 1. The van der Waals surface area contributed by atoms with Crippen molar-refractivity contribution >= 4 is 17.4 Å². The van der Waals surface area contributed by atoms with E-state index in [1.54, 1.807) is 7.11 Å². The lowest BCUT2D eigenvalue weighted by Crippen LogP contribution is -2.43. The lowest BCUT2D eigenvalue weighted by Gasteiger charge is -2.24. The van der Waals surface area contributed by atoms with E-state index >= 15 is 0 Å². The van der Waals surface area contributed by atoms with Gasteiger partial charge in [-0.2, -0.15) is 4.80 Å². The van der Waals surface area contributed by atoms with Gasteiger partial charge in [0.2, 0.25) is 5.82 Å². The van der Waals surface area contributed by atoms with Crippen molar-refractivity contribution in [3.63, 3.8) is 0 Å². The van der Waals surface area contributed by atoms with Gasteiger partial charge < -0.3 is 15.4 Å². The Labute approximate surface area is 190 Å². The summed E-state index contributed by atoms with van der Waals surface area (Å²) in [6, 6.07) is 9.23. The number of amides is 1. The number of carbonyl (C=O) groups is 1. The molecule has 0 saturated heterocycles. The zero-order valence-electron chi connectivity index (χ0n) is 18.9. The molecule has 1 amide bonds. The number of nitrogens with two attached hydrogens (primary N) is 1. The Morgan fingerprint density at radius 2 is 1.97 bits per heavy atom. The van der Waals surface area contributed by atoms with Gasteiger partial charge in [-0.25, -0.2) is 4.79 Å². The second-order valence-corrected chi connectivity index (χ2v) is 7.90. The number of benzene rings is 1.